The van der Waals surface area contributed by atoms with E-state index in [-0.39, 0.29) is 17.8 Å². The maximum atomic E-state index is 12.0. The molecular formula is C11H18F3N3O. The van der Waals surface area contributed by atoms with Crippen LogP contribution >= 0.6 is 0 Å². The molecule has 1 aromatic rings. The average molecular weight is 265 g/mol. The molecule has 0 saturated carbocycles. The summed E-state index contributed by atoms with van der Waals surface area (Å²) in [6, 6.07) is 0. The standard InChI is InChI=1S/C11H18F3N3O/c1-10(2,3)15-7-5-9-16-8(17-18-9)4-6-11(12,13)14/h15H,4-7H2,1-3H3. The van der Waals surface area contributed by atoms with E-state index < -0.39 is 12.6 Å². The molecule has 1 aromatic heterocycles. The second kappa shape index (κ2) is 5.69. The van der Waals surface area contributed by atoms with Crippen molar-refractivity contribution in [2.75, 3.05) is 6.54 Å². The van der Waals surface area contributed by atoms with Gasteiger partial charge in [0.15, 0.2) is 5.82 Å². The Hall–Kier alpha value is -1.11. The Kier molecular flexibility index (Phi) is 4.72. The summed E-state index contributed by atoms with van der Waals surface area (Å²) in [5.41, 5.74) is -0.0147. The fourth-order valence-electron chi connectivity index (χ4n) is 1.29. The highest BCUT2D eigenvalue weighted by Gasteiger charge is 2.27. The number of aromatic nitrogens is 2. The molecule has 18 heavy (non-hydrogen) atoms. The Bertz CT molecular complexity index is 368. The smallest absolute Gasteiger partial charge is 0.339 e. The van der Waals surface area contributed by atoms with Gasteiger partial charge in [0.05, 0.1) is 6.42 Å². The molecule has 4 nitrogen and oxygen atoms in total. The summed E-state index contributed by atoms with van der Waals surface area (Å²) in [6.07, 6.45) is -4.84. The second-order valence-corrected chi connectivity index (χ2v) is 5.15. The van der Waals surface area contributed by atoms with Crippen LogP contribution in [0.5, 0.6) is 0 Å². The van der Waals surface area contributed by atoms with Crippen molar-refractivity contribution >= 4 is 0 Å². The lowest BCUT2D eigenvalue weighted by atomic mass is 10.1. The molecule has 0 aromatic carbocycles. The summed E-state index contributed by atoms with van der Waals surface area (Å²) in [5.74, 6) is 0.474. The SMILES string of the molecule is CC(C)(C)NCCc1nc(CCC(F)(F)F)no1. The lowest BCUT2D eigenvalue weighted by molar-refractivity contribution is -0.134. The molecule has 7 heteroatoms. The number of rotatable bonds is 5. The third-order valence-electron chi connectivity index (χ3n) is 2.14. The van der Waals surface area contributed by atoms with E-state index in [9.17, 15) is 13.2 Å². The Labute approximate surface area is 104 Å². The van der Waals surface area contributed by atoms with Gasteiger partial charge >= 0.3 is 6.18 Å². The molecule has 0 spiro atoms. The number of nitrogens with zero attached hydrogens (tertiary/aromatic N) is 2. The van der Waals surface area contributed by atoms with Gasteiger partial charge in [0.2, 0.25) is 5.89 Å². The number of hydrogen-bond acceptors (Lipinski definition) is 4. The molecule has 0 aliphatic carbocycles. The Balaban J connectivity index is 2.35. The first-order valence-corrected chi connectivity index (χ1v) is 5.79. The fourth-order valence-corrected chi connectivity index (χ4v) is 1.29. The van der Waals surface area contributed by atoms with Gasteiger partial charge in [-0.1, -0.05) is 5.16 Å². The minimum atomic E-state index is -4.19. The van der Waals surface area contributed by atoms with E-state index in [0.29, 0.717) is 18.9 Å². The van der Waals surface area contributed by atoms with Gasteiger partial charge in [-0.3, -0.25) is 0 Å². The van der Waals surface area contributed by atoms with Gasteiger partial charge in [-0.2, -0.15) is 18.2 Å². The third kappa shape index (κ3) is 6.58. The van der Waals surface area contributed by atoms with Gasteiger partial charge in [-0.15, -0.1) is 0 Å². The molecule has 0 fully saturated rings. The number of hydrogen-bond donors (Lipinski definition) is 1. The summed E-state index contributed by atoms with van der Waals surface area (Å²) >= 11 is 0. The zero-order valence-electron chi connectivity index (χ0n) is 10.8. The van der Waals surface area contributed by atoms with Crippen LogP contribution < -0.4 is 5.32 Å². The maximum absolute atomic E-state index is 12.0. The first-order valence-electron chi connectivity index (χ1n) is 5.79. The highest BCUT2D eigenvalue weighted by Crippen LogP contribution is 2.21. The first-order chi connectivity index (χ1) is 8.16. The fraction of sp³-hybridized carbons (Fsp3) is 0.818. The summed E-state index contributed by atoms with van der Waals surface area (Å²) in [7, 11) is 0. The molecule has 0 aliphatic rings. The zero-order chi connectivity index (χ0) is 13.8. The number of aryl methyl sites for hydroxylation is 1. The van der Waals surface area contributed by atoms with Crippen molar-refractivity contribution in [3.05, 3.63) is 11.7 Å². The van der Waals surface area contributed by atoms with E-state index in [4.69, 9.17) is 4.52 Å². The van der Waals surface area contributed by atoms with Crippen molar-refractivity contribution in [1.29, 1.82) is 0 Å². The quantitative estimate of drug-likeness (QED) is 0.888. The largest absolute Gasteiger partial charge is 0.389 e. The van der Waals surface area contributed by atoms with Crippen molar-refractivity contribution in [1.82, 2.24) is 15.5 Å². The van der Waals surface area contributed by atoms with Crippen LogP contribution in [0.2, 0.25) is 0 Å². The molecule has 0 atom stereocenters. The highest BCUT2D eigenvalue weighted by atomic mass is 19.4. The van der Waals surface area contributed by atoms with Gasteiger partial charge in [-0.05, 0) is 20.8 Å². The molecule has 0 unspecified atom stereocenters. The molecule has 0 bridgehead atoms. The molecule has 0 aliphatic heterocycles. The van der Waals surface area contributed by atoms with Crippen LogP contribution in [0.3, 0.4) is 0 Å². The van der Waals surface area contributed by atoms with Crippen molar-refractivity contribution in [2.45, 2.75) is 51.7 Å². The van der Waals surface area contributed by atoms with Gasteiger partial charge in [-0.25, -0.2) is 0 Å². The predicted octanol–water partition coefficient (Wildman–Crippen LogP) is 2.50. The van der Waals surface area contributed by atoms with Gasteiger partial charge in [0, 0.05) is 24.9 Å². The summed E-state index contributed by atoms with van der Waals surface area (Å²) < 4.78 is 40.8. The normalized spacial score (nSPS) is 13.0. The van der Waals surface area contributed by atoms with Gasteiger partial charge in [0.25, 0.3) is 0 Å². The van der Waals surface area contributed by atoms with Crippen LogP contribution in [-0.4, -0.2) is 28.4 Å². The molecule has 1 N–H and O–H groups in total. The number of alkyl halides is 3. The first kappa shape index (κ1) is 14.9. The summed E-state index contributed by atoms with van der Waals surface area (Å²) in [5, 5.41) is 6.75. The molecular weight excluding hydrogens is 247 g/mol. The van der Waals surface area contributed by atoms with E-state index in [1.165, 1.54) is 0 Å². The van der Waals surface area contributed by atoms with E-state index >= 15 is 0 Å². The third-order valence-corrected chi connectivity index (χ3v) is 2.14. The van der Waals surface area contributed by atoms with Gasteiger partial charge < -0.3 is 9.84 Å². The summed E-state index contributed by atoms with van der Waals surface area (Å²) in [6.45, 7) is 6.71. The minimum absolute atomic E-state index is 0.0147. The molecule has 1 heterocycles. The molecule has 1 rings (SSSR count). The molecule has 0 amide bonds. The summed E-state index contributed by atoms with van der Waals surface area (Å²) in [4.78, 5) is 3.92. The van der Waals surface area contributed by atoms with E-state index in [1.54, 1.807) is 0 Å². The van der Waals surface area contributed by atoms with Crippen LogP contribution in [0.4, 0.5) is 13.2 Å². The lowest BCUT2D eigenvalue weighted by Crippen LogP contribution is -2.37. The van der Waals surface area contributed by atoms with Crippen LogP contribution in [-0.2, 0) is 12.8 Å². The van der Waals surface area contributed by atoms with E-state index in [0.717, 1.165) is 0 Å². The average Bonchev–Trinajstić information content (AvgIpc) is 2.60. The topological polar surface area (TPSA) is 51.0 Å². The van der Waals surface area contributed by atoms with Crippen LogP contribution in [0.1, 0.15) is 38.9 Å². The van der Waals surface area contributed by atoms with Crippen LogP contribution in [0.15, 0.2) is 4.52 Å². The maximum Gasteiger partial charge on any atom is 0.389 e. The van der Waals surface area contributed by atoms with Crippen LogP contribution in [0.25, 0.3) is 0 Å². The Morgan fingerprint density at radius 1 is 1.17 bits per heavy atom. The zero-order valence-corrected chi connectivity index (χ0v) is 10.8. The van der Waals surface area contributed by atoms with Crippen molar-refractivity contribution in [3.63, 3.8) is 0 Å². The van der Waals surface area contributed by atoms with Crippen molar-refractivity contribution in [3.8, 4) is 0 Å². The Morgan fingerprint density at radius 3 is 2.39 bits per heavy atom. The van der Waals surface area contributed by atoms with E-state index in [2.05, 4.69) is 15.5 Å². The van der Waals surface area contributed by atoms with Crippen molar-refractivity contribution < 1.29 is 17.7 Å². The number of halogens is 3. The van der Waals surface area contributed by atoms with Crippen molar-refractivity contribution in [2.24, 2.45) is 0 Å². The highest BCUT2D eigenvalue weighted by molar-refractivity contribution is 4.88. The second-order valence-electron chi connectivity index (χ2n) is 5.15. The minimum Gasteiger partial charge on any atom is -0.339 e. The molecule has 104 valence electrons. The molecule has 0 radical (unpaired) electrons. The number of nitrogens with one attached hydrogen (secondary N) is 1. The Morgan fingerprint density at radius 2 is 1.83 bits per heavy atom. The van der Waals surface area contributed by atoms with Gasteiger partial charge in [0.1, 0.15) is 0 Å². The van der Waals surface area contributed by atoms with Crippen LogP contribution in [0, 0.1) is 0 Å². The lowest BCUT2D eigenvalue weighted by Gasteiger charge is -2.19. The molecule has 0 saturated heterocycles. The van der Waals surface area contributed by atoms with E-state index in [1.807, 2.05) is 20.8 Å². The monoisotopic (exact) mass is 265 g/mol. The predicted molar refractivity (Wildman–Crippen MR) is 60.1 cm³/mol.